The SMILES string of the molecule is CNCc1[nH+]c2c(O)c(Cl)cc(Cl)c2c(=O)n1C1CC1.Cl. The molecule has 1 aromatic heterocycles. The summed E-state index contributed by atoms with van der Waals surface area (Å²) < 4.78 is 1.72. The quantitative estimate of drug-likeness (QED) is 0.891. The zero-order valence-corrected chi connectivity index (χ0v) is 13.6. The molecular formula is C13H15Cl3N3O2+. The molecule has 0 amide bonds. The number of rotatable bonds is 3. The molecule has 1 saturated carbocycles. The van der Waals surface area contributed by atoms with Gasteiger partial charge in [0.15, 0.2) is 11.3 Å². The van der Waals surface area contributed by atoms with Crippen LogP contribution in [0.2, 0.25) is 10.0 Å². The molecule has 8 heteroatoms. The number of aromatic hydroxyl groups is 1. The second kappa shape index (κ2) is 6.01. The van der Waals surface area contributed by atoms with Gasteiger partial charge < -0.3 is 10.4 Å². The first-order valence-electron chi connectivity index (χ1n) is 6.36. The summed E-state index contributed by atoms with van der Waals surface area (Å²) in [5.41, 5.74) is 0.0955. The summed E-state index contributed by atoms with van der Waals surface area (Å²) in [6, 6.07) is 1.60. The van der Waals surface area contributed by atoms with Crippen molar-refractivity contribution in [2.24, 2.45) is 0 Å². The van der Waals surface area contributed by atoms with Crippen LogP contribution in [0.1, 0.15) is 24.7 Å². The van der Waals surface area contributed by atoms with Crippen molar-refractivity contribution in [2.75, 3.05) is 7.05 Å². The van der Waals surface area contributed by atoms with Crippen molar-refractivity contribution in [1.82, 2.24) is 9.88 Å². The van der Waals surface area contributed by atoms with E-state index in [0.29, 0.717) is 12.4 Å². The zero-order valence-electron chi connectivity index (χ0n) is 11.2. The van der Waals surface area contributed by atoms with Crippen molar-refractivity contribution >= 4 is 46.5 Å². The van der Waals surface area contributed by atoms with Gasteiger partial charge in [-0.05, 0) is 26.0 Å². The maximum absolute atomic E-state index is 12.7. The van der Waals surface area contributed by atoms with Crippen LogP contribution < -0.4 is 15.9 Å². The molecule has 0 atom stereocenters. The number of nitrogens with zero attached hydrogens (tertiary/aromatic N) is 1. The molecular weight excluding hydrogens is 337 g/mol. The standard InChI is InChI=1S/C13H13Cl2N3O2.ClH/c1-16-5-9-17-11-10(7(14)4-8(15)12(11)19)13(20)18(9)6-2-3-6;/h4,6,16,19H,2-3,5H2,1H3;1H/p+1. The molecule has 0 unspecified atom stereocenters. The van der Waals surface area contributed by atoms with Gasteiger partial charge in [-0.15, -0.1) is 12.4 Å². The van der Waals surface area contributed by atoms with E-state index in [1.165, 1.54) is 6.07 Å². The molecule has 1 aliphatic rings. The predicted octanol–water partition coefficient (Wildman–Crippen LogP) is 2.30. The molecule has 0 spiro atoms. The van der Waals surface area contributed by atoms with Crippen LogP contribution in [-0.2, 0) is 6.54 Å². The van der Waals surface area contributed by atoms with E-state index in [4.69, 9.17) is 23.2 Å². The van der Waals surface area contributed by atoms with Gasteiger partial charge >= 0.3 is 5.56 Å². The second-order valence-electron chi connectivity index (χ2n) is 4.95. The average Bonchev–Trinajstić information content (AvgIpc) is 3.20. The van der Waals surface area contributed by atoms with Gasteiger partial charge in [-0.3, -0.25) is 0 Å². The molecule has 0 radical (unpaired) electrons. The van der Waals surface area contributed by atoms with Crippen molar-refractivity contribution in [1.29, 1.82) is 0 Å². The lowest BCUT2D eigenvalue weighted by Crippen LogP contribution is -2.34. The van der Waals surface area contributed by atoms with Crippen LogP contribution >= 0.6 is 35.6 Å². The number of phenolic OH excluding ortho intramolecular Hbond substituents is 1. The smallest absolute Gasteiger partial charge is 0.347 e. The normalized spacial score (nSPS) is 14.2. The fourth-order valence-corrected chi connectivity index (χ4v) is 2.95. The fourth-order valence-electron chi connectivity index (χ4n) is 2.40. The number of aromatic nitrogens is 2. The maximum atomic E-state index is 12.7. The van der Waals surface area contributed by atoms with Crippen LogP contribution in [0.15, 0.2) is 10.9 Å². The van der Waals surface area contributed by atoms with E-state index in [9.17, 15) is 9.90 Å². The van der Waals surface area contributed by atoms with E-state index in [1.807, 2.05) is 0 Å². The van der Waals surface area contributed by atoms with E-state index in [1.54, 1.807) is 11.6 Å². The van der Waals surface area contributed by atoms with Crippen molar-refractivity contribution in [2.45, 2.75) is 25.4 Å². The van der Waals surface area contributed by atoms with Gasteiger partial charge in [-0.2, -0.15) is 4.57 Å². The summed E-state index contributed by atoms with van der Waals surface area (Å²) in [7, 11) is 1.80. The number of hydrogen-bond acceptors (Lipinski definition) is 3. The lowest BCUT2D eigenvalue weighted by molar-refractivity contribution is -0.368. The molecule has 3 rings (SSSR count). The minimum absolute atomic E-state index is 0. The van der Waals surface area contributed by atoms with Gasteiger partial charge in [0, 0.05) is 0 Å². The Bertz CT molecular complexity index is 757. The van der Waals surface area contributed by atoms with Crippen molar-refractivity contribution in [3.63, 3.8) is 0 Å². The van der Waals surface area contributed by atoms with E-state index >= 15 is 0 Å². The Morgan fingerprint density at radius 1 is 1.43 bits per heavy atom. The number of phenols is 1. The first kappa shape index (κ1) is 16.4. The molecule has 2 aromatic rings. The van der Waals surface area contributed by atoms with Gasteiger partial charge in [0.05, 0.1) is 16.6 Å². The molecule has 1 aromatic carbocycles. The maximum Gasteiger partial charge on any atom is 0.347 e. The molecule has 1 heterocycles. The number of nitrogens with one attached hydrogen (secondary N) is 2. The molecule has 0 aliphatic heterocycles. The summed E-state index contributed by atoms with van der Waals surface area (Å²) in [5.74, 6) is 0.560. The Morgan fingerprint density at radius 2 is 2.10 bits per heavy atom. The van der Waals surface area contributed by atoms with Crippen LogP contribution in [0.4, 0.5) is 0 Å². The van der Waals surface area contributed by atoms with Crippen molar-refractivity contribution < 1.29 is 10.1 Å². The van der Waals surface area contributed by atoms with Crippen LogP contribution in [0.3, 0.4) is 0 Å². The average molecular weight is 352 g/mol. The Morgan fingerprint density at radius 3 is 2.67 bits per heavy atom. The fraction of sp³-hybridized carbons (Fsp3) is 0.385. The molecule has 114 valence electrons. The molecule has 3 N–H and O–H groups in total. The highest BCUT2D eigenvalue weighted by atomic mass is 35.5. The number of hydrogen-bond donors (Lipinski definition) is 2. The monoisotopic (exact) mass is 350 g/mol. The summed E-state index contributed by atoms with van der Waals surface area (Å²) >= 11 is 12.0. The third-order valence-corrected chi connectivity index (χ3v) is 4.04. The number of halogens is 3. The van der Waals surface area contributed by atoms with Gasteiger partial charge in [0.2, 0.25) is 0 Å². The minimum atomic E-state index is -0.191. The summed E-state index contributed by atoms with van der Waals surface area (Å²) in [5, 5.41) is 13.7. The minimum Gasteiger partial charge on any atom is -0.503 e. The Balaban J connectivity index is 0.00000161. The van der Waals surface area contributed by atoms with E-state index in [0.717, 1.165) is 12.8 Å². The third kappa shape index (κ3) is 2.71. The van der Waals surface area contributed by atoms with Crippen molar-refractivity contribution in [3.05, 3.63) is 32.3 Å². The molecule has 1 aliphatic carbocycles. The summed E-state index contributed by atoms with van der Waals surface area (Å²) in [6.07, 6.45) is 1.96. The van der Waals surface area contributed by atoms with Gasteiger partial charge in [-0.25, -0.2) is 9.78 Å². The number of fused-ring (bicyclic) bond motifs is 1. The Hall–Kier alpha value is -1.01. The van der Waals surface area contributed by atoms with Gasteiger partial charge in [0.1, 0.15) is 11.4 Å². The zero-order chi connectivity index (χ0) is 14.4. The van der Waals surface area contributed by atoms with Crippen LogP contribution in [0.5, 0.6) is 5.75 Å². The Labute approximate surface area is 137 Å². The van der Waals surface area contributed by atoms with Crippen LogP contribution in [0, 0.1) is 0 Å². The summed E-state index contributed by atoms with van der Waals surface area (Å²) in [4.78, 5) is 15.8. The Kier molecular flexibility index (Phi) is 4.68. The number of benzene rings is 1. The molecule has 5 nitrogen and oxygen atoms in total. The van der Waals surface area contributed by atoms with E-state index in [2.05, 4.69) is 10.3 Å². The van der Waals surface area contributed by atoms with Gasteiger partial charge in [-0.1, -0.05) is 23.2 Å². The predicted molar refractivity (Wildman–Crippen MR) is 84.7 cm³/mol. The topological polar surface area (TPSA) is 68.4 Å². The lowest BCUT2D eigenvalue weighted by atomic mass is 10.2. The molecule has 21 heavy (non-hydrogen) atoms. The second-order valence-corrected chi connectivity index (χ2v) is 5.76. The first-order chi connectivity index (χ1) is 9.54. The molecule has 1 fully saturated rings. The van der Waals surface area contributed by atoms with Crippen molar-refractivity contribution in [3.8, 4) is 5.75 Å². The third-order valence-electron chi connectivity index (χ3n) is 3.45. The highest BCUT2D eigenvalue weighted by Crippen LogP contribution is 2.37. The number of H-pyrrole nitrogens is 1. The molecule has 0 saturated heterocycles. The lowest BCUT2D eigenvalue weighted by Gasteiger charge is -2.08. The van der Waals surface area contributed by atoms with Crippen LogP contribution in [-0.4, -0.2) is 16.7 Å². The first-order valence-corrected chi connectivity index (χ1v) is 7.12. The van der Waals surface area contributed by atoms with E-state index < -0.39 is 0 Å². The highest BCUT2D eigenvalue weighted by molar-refractivity contribution is 6.39. The summed E-state index contributed by atoms with van der Waals surface area (Å²) in [6.45, 7) is 0.491. The van der Waals surface area contributed by atoms with E-state index in [-0.39, 0.29) is 50.7 Å². The largest absolute Gasteiger partial charge is 0.503 e. The molecule has 0 bridgehead atoms. The van der Waals surface area contributed by atoms with Gasteiger partial charge in [0.25, 0.3) is 5.82 Å². The number of aromatic amines is 1. The van der Waals surface area contributed by atoms with Crippen LogP contribution in [0.25, 0.3) is 10.9 Å². The highest BCUT2D eigenvalue weighted by Gasteiger charge is 2.35.